The molecule has 0 saturated carbocycles. The lowest BCUT2D eigenvalue weighted by Crippen LogP contribution is -2.40. The van der Waals surface area contributed by atoms with Gasteiger partial charge in [0.2, 0.25) is 0 Å². The summed E-state index contributed by atoms with van der Waals surface area (Å²) >= 11 is 6.11. The Morgan fingerprint density at radius 2 is 2.00 bits per heavy atom. The number of carbonyl (C=O) groups is 1. The molecule has 1 atom stereocenters. The SMILES string of the molecule is Cc1ccc2c(C)c(C(=O)N(Cc3cccc(Cl)c3)[C@@H]3CCS(=O)(=O)C3)oc2c1. The Labute approximate surface area is 175 Å². The molecule has 5 nitrogen and oxygen atoms in total. The quantitative estimate of drug-likeness (QED) is 0.608. The summed E-state index contributed by atoms with van der Waals surface area (Å²) in [5.74, 6) is 0.0304. The molecule has 0 spiro atoms. The Morgan fingerprint density at radius 3 is 2.69 bits per heavy atom. The van der Waals surface area contributed by atoms with Crippen LogP contribution in [0.3, 0.4) is 0 Å². The van der Waals surface area contributed by atoms with Crippen LogP contribution < -0.4 is 0 Å². The van der Waals surface area contributed by atoms with Gasteiger partial charge < -0.3 is 9.32 Å². The number of hydrogen-bond acceptors (Lipinski definition) is 4. The van der Waals surface area contributed by atoms with Gasteiger partial charge in [0, 0.05) is 28.6 Å². The van der Waals surface area contributed by atoms with Crippen molar-refractivity contribution in [3.05, 3.63) is 69.9 Å². The van der Waals surface area contributed by atoms with E-state index in [9.17, 15) is 13.2 Å². The minimum absolute atomic E-state index is 0.0301. The molecule has 0 N–H and O–H groups in total. The van der Waals surface area contributed by atoms with E-state index in [4.69, 9.17) is 16.0 Å². The van der Waals surface area contributed by atoms with Gasteiger partial charge in [-0.2, -0.15) is 0 Å². The topological polar surface area (TPSA) is 67.6 Å². The Hall–Kier alpha value is -2.31. The van der Waals surface area contributed by atoms with E-state index < -0.39 is 9.84 Å². The van der Waals surface area contributed by atoms with Crippen LogP contribution in [0.1, 0.15) is 33.7 Å². The smallest absolute Gasteiger partial charge is 0.290 e. The van der Waals surface area contributed by atoms with E-state index in [0.717, 1.165) is 22.1 Å². The van der Waals surface area contributed by atoms with E-state index in [-0.39, 0.29) is 35.8 Å². The molecule has 0 aliphatic carbocycles. The number of sulfone groups is 1. The summed E-state index contributed by atoms with van der Waals surface area (Å²) < 4.78 is 30.1. The van der Waals surface area contributed by atoms with Gasteiger partial charge in [-0.05, 0) is 49.6 Å². The zero-order valence-electron chi connectivity index (χ0n) is 16.3. The van der Waals surface area contributed by atoms with Gasteiger partial charge in [0.1, 0.15) is 5.58 Å². The number of halogens is 1. The highest BCUT2D eigenvalue weighted by Crippen LogP contribution is 2.30. The molecular formula is C22H22ClNO4S. The second-order valence-electron chi connectivity index (χ2n) is 7.68. The molecule has 1 aliphatic heterocycles. The Balaban J connectivity index is 1.74. The third-order valence-electron chi connectivity index (χ3n) is 5.44. The van der Waals surface area contributed by atoms with Gasteiger partial charge in [-0.1, -0.05) is 35.9 Å². The maximum atomic E-state index is 13.5. The van der Waals surface area contributed by atoms with Crippen LogP contribution in [0.15, 0.2) is 46.9 Å². The van der Waals surface area contributed by atoms with E-state index in [0.29, 0.717) is 17.0 Å². The van der Waals surface area contributed by atoms with Gasteiger partial charge >= 0.3 is 0 Å². The normalized spacial score (nSPS) is 18.2. The first-order valence-corrected chi connectivity index (χ1v) is 11.7. The maximum Gasteiger partial charge on any atom is 0.290 e. The molecule has 2 heterocycles. The molecular weight excluding hydrogens is 410 g/mol. The van der Waals surface area contributed by atoms with Crippen molar-refractivity contribution in [3.8, 4) is 0 Å². The van der Waals surface area contributed by atoms with Crippen molar-refractivity contribution in [1.29, 1.82) is 0 Å². The molecule has 0 radical (unpaired) electrons. The van der Waals surface area contributed by atoms with Crippen LogP contribution in [0.2, 0.25) is 5.02 Å². The van der Waals surface area contributed by atoms with Crippen molar-refractivity contribution < 1.29 is 17.6 Å². The number of hydrogen-bond donors (Lipinski definition) is 0. The summed E-state index contributed by atoms with van der Waals surface area (Å²) in [6.07, 6.45) is 0.424. The highest BCUT2D eigenvalue weighted by Gasteiger charge is 2.36. The average molecular weight is 432 g/mol. The zero-order valence-corrected chi connectivity index (χ0v) is 17.9. The molecule has 29 heavy (non-hydrogen) atoms. The molecule has 3 aromatic rings. The fourth-order valence-electron chi connectivity index (χ4n) is 3.89. The van der Waals surface area contributed by atoms with Crippen LogP contribution in [0.4, 0.5) is 0 Å². The Morgan fingerprint density at radius 1 is 1.21 bits per heavy atom. The van der Waals surface area contributed by atoms with E-state index in [1.807, 2.05) is 44.2 Å². The molecule has 1 aromatic heterocycles. The van der Waals surface area contributed by atoms with Crippen molar-refractivity contribution in [3.63, 3.8) is 0 Å². The molecule has 4 rings (SSSR count). The molecule has 1 aliphatic rings. The standard InChI is InChI=1S/C22H22ClNO4S/c1-14-6-7-19-15(2)21(28-20(19)10-14)22(25)24(18-8-9-29(26,27)13-18)12-16-4-3-5-17(23)11-16/h3-7,10-11,18H,8-9,12-13H2,1-2H3/t18-/m1/s1. The van der Waals surface area contributed by atoms with Crippen LogP contribution in [-0.2, 0) is 16.4 Å². The lowest BCUT2D eigenvalue weighted by Gasteiger charge is -2.28. The number of amides is 1. The first kappa shape index (κ1) is 20.0. The van der Waals surface area contributed by atoms with Gasteiger partial charge in [0.05, 0.1) is 11.5 Å². The van der Waals surface area contributed by atoms with E-state index in [1.165, 1.54) is 0 Å². The number of carbonyl (C=O) groups excluding carboxylic acids is 1. The summed E-state index contributed by atoms with van der Waals surface area (Å²) in [4.78, 5) is 15.1. The molecule has 7 heteroatoms. The highest BCUT2D eigenvalue weighted by atomic mass is 35.5. The molecule has 2 aromatic carbocycles. The first-order chi connectivity index (χ1) is 13.7. The van der Waals surface area contributed by atoms with Gasteiger partial charge in [-0.15, -0.1) is 0 Å². The Kier molecular flexibility index (Phi) is 5.17. The zero-order chi connectivity index (χ0) is 20.8. The van der Waals surface area contributed by atoms with Crippen LogP contribution >= 0.6 is 11.6 Å². The third kappa shape index (κ3) is 4.05. The minimum atomic E-state index is -3.15. The summed E-state index contributed by atoms with van der Waals surface area (Å²) in [6.45, 7) is 4.10. The number of nitrogens with zero attached hydrogens (tertiary/aromatic N) is 1. The number of aryl methyl sites for hydroxylation is 2. The van der Waals surface area contributed by atoms with Crippen molar-refractivity contribution in [1.82, 2.24) is 4.90 Å². The summed E-state index contributed by atoms with van der Waals surface area (Å²) in [5.41, 5.74) is 3.32. The van der Waals surface area contributed by atoms with Gasteiger partial charge in [0.25, 0.3) is 5.91 Å². The summed E-state index contributed by atoms with van der Waals surface area (Å²) in [7, 11) is -3.15. The number of benzene rings is 2. The predicted octanol–water partition coefficient (Wildman–Crippen LogP) is 4.53. The lowest BCUT2D eigenvalue weighted by atomic mass is 10.1. The highest BCUT2D eigenvalue weighted by molar-refractivity contribution is 7.91. The van der Waals surface area contributed by atoms with Crippen molar-refractivity contribution >= 4 is 38.3 Å². The lowest BCUT2D eigenvalue weighted by molar-refractivity contribution is 0.0649. The fraction of sp³-hybridized carbons (Fsp3) is 0.318. The number of fused-ring (bicyclic) bond motifs is 1. The predicted molar refractivity (Wildman–Crippen MR) is 114 cm³/mol. The molecule has 152 valence electrons. The minimum Gasteiger partial charge on any atom is -0.451 e. The Bertz CT molecular complexity index is 1200. The number of furan rings is 1. The van der Waals surface area contributed by atoms with Crippen LogP contribution in [0.25, 0.3) is 11.0 Å². The van der Waals surface area contributed by atoms with E-state index in [2.05, 4.69) is 0 Å². The molecule has 1 saturated heterocycles. The van der Waals surface area contributed by atoms with Gasteiger partial charge in [-0.25, -0.2) is 8.42 Å². The maximum absolute atomic E-state index is 13.5. The van der Waals surface area contributed by atoms with E-state index in [1.54, 1.807) is 17.0 Å². The van der Waals surface area contributed by atoms with Crippen LogP contribution in [-0.4, -0.2) is 36.8 Å². The molecule has 1 amide bonds. The third-order valence-corrected chi connectivity index (χ3v) is 7.43. The van der Waals surface area contributed by atoms with E-state index >= 15 is 0 Å². The van der Waals surface area contributed by atoms with Crippen molar-refractivity contribution in [2.24, 2.45) is 0 Å². The van der Waals surface area contributed by atoms with Gasteiger partial charge in [-0.3, -0.25) is 4.79 Å². The molecule has 0 bridgehead atoms. The van der Waals surface area contributed by atoms with Crippen molar-refractivity contribution in [2.75, 3.05) is 11.5 Å². The monoisotopic (exact) mass is 431 g/mol. The second kappa shape index (κ2) is 7.50. The largest absolute Gasteiger partial charge is 0.451 e. The van der Waals surface area contributed by atoms with Crippen LogP contribution in [0, 0.1) is 13.8 Å². The average Bonchev–Trinajstić information content (AvgIpc) is 3.18. The van der Waals surface area contributed by atoms with Crippen molar-refractivity contribution in [2.45, 2.75) is 32.9 Å². The number of rotatable bonds is 4. The fourth-order valence-corrected chi connectivity index (χ4v) is 5.83. The summed E-state index contributed by atoms with van der Waals surface area (Å²) in [6, 6.07) is 12.7. The van der Waals surface area contributed by atoms with Crippen LogP contribution in [0.5, 0.6) is 0 Å². The second-order valence-corrected chi connectivity index (χ2v) is 10.3. The molecule has 1 fully saturated rings. The summed E-state index contributed by atoms with van der Waals surface area (Å²) in [5, 5.41) is 1.46. The molecule has 0 unspecified atom stereocenters. The van der Waals surface area contributed by atoms with Gasteiger partial charge in [0.15, 0.2) is 15.6 Å². The first-order valence-electron chi connectivity index (χ1n) is 9.49.